The van der Waals surface area contributed by atoms with Crippen LogP contribution in [-0.4, -0.2) is 36.9 Å². The SMILES string of the molecule is CCC1CCN(S(=O)(=O)c2cc(C(=O)O)ccc2Br)C1. The number of halogens is 1. The lowest BCUT2D eigenvalue weighted by Gasteiger charge is -2.17. The highest BCUT2D eigenvalue weighted by atomic mass is 79.9. The van der Waals surface area contributed by atoms with E-state index < -0.39 is 16.0 Å². The number of sulfonamides is 1. The van der Waals surface area contributed by atoms with Crippen molar-refractivity contribution in [2.24, 2.45) is 5.92 Å². The molecular formula is C13H16BrNO4S. The summed E-state index contributed by atoms with van der Waals surface area (Å²) in [4.78, 5) is 11.0. The van der Waals surface area contributed by atoms with Gasteiger partial charge in [-0.05, 0) is 46.5 Å². The van der Waals surface area contributed by atoms with Crippen molar-refractivity contribution >= 4 is 31.9 Å². The molecule has 1 aliphatic heterocycles. The fourth-order valence-electron chi connectivity index (χ4n) is 2.32. The third-order valence-electron chi connectivity index (χ3n) is 3.62. The van der Waals surface area contributed by atoms with Crippen LogP contribution in [0.5, 0.6) is 0 Å². The first kappa shape index (κ1) is 15.5. The fraction of sp³-hybridized carbons (Fsp3) is 0.462. The second-order valence-electron chi connectivity index (χ2n) is 4.88. The Kier molecular flexibility index (Phi) is 4.51. The van der Waals surface area contributed by atoms with Gasteiger partial charge in [0, 0.05) is 17.6 Å². The van der Waals surface area contributed by atoms with Crippen LogP contribution in [-0.2, 0) is 10.0 Å². The molecule has 0 aromatic heterocycles. The Hall–Kier alpha value is -0.920. The van der Waals surface area contributed by atoms with E-state index in [2.05, 4.69) is 15.9 Å². The predicted molar refractivity (Wildman–Crippen MR) is 78.3 cm³/mol. The molecular weight excluding hydrogens is 346 g/mol. The summed E-state index contributed by atoms with van der Waals surface area (Å²) in [7, 11) is -3.65. The molecule has 1 aromatic carbocycles. The number of hydrogen-bond donors (Lipinski definition) is 1. The molecule has 0 spiro atoms. The molecule has 0 saturated carbocycles. The number of benzene rings is 1. The van der Waals surface area contributed by atoms with E-state index in [0.29, 0.717) is 23.5 Å². The molecule has 1 fully saturated rings. The molecule has 5 nitrogen and oxygen atoms in total. The third kappa shape index (κ3) is 2.89. The standard InChI is InChI=1S/C13H16BrNO4S/c1-2-9-5-6-15(8-9)20(18,19)12-7-10(13(16)17)3-4-11(12)14/h3-4,7,9H,2,5-6,8H2,1H3,(H,16,17). The Morgan fingerprint density at radius 1 is 1.50 bits per heavy atom. The lowest BCUT2D eigenvalue weighted by molar-refractivity contribution is 0.0696. The zero-order valence-corrected chi connectivity index (χ0v) is 13.4. The molecule has 1 atom stereocenters. The molecule has 1 N–H and O–H groups in total. The first-order valence-corrected chi connectivity index (χ1v) is 8.62. The van der Waals surface area contributed by atoms with Gasteiger partial charge in [-0.25, -0.2) is 13.2 Å². The minimum atomic E-state index is -3.65. The van der Waals surface area contributed by atoms with Gasteiger partial charge in [0.2, 0.25) is 10.0 Å². The van der Waals surface area contributed by atoms with E-state index in [1.54, 1.807) is 0 Å². The molecule has 7 heteroatoms. The number of rotatable bonds is 4. The summed E-state index contributed by atoms with van der Waals surface area (Å²) in [6.07, 6.45) is 1.80. The maximum absolute atomic E-state index is 12.6. The first-order chi connectivity index (χ1) is 9.36. The number of nitrogens with zero attached hydrogens (tertiary/aromatic N) is 1. The summed E-state index contributed by atoms with van der Waals surface area (Å²) < 4.78 is 27.0. The summed E-state index contributed by atoms with van der Waals surface area (Å²) in [5, 5.41) is 8.99. The average Bonchev–Trinajstić information content (AvgIpc) is 2.88. The summed E-state index contributed by atoms with van der Waals surface area (Å²) >= 11 is 3.20. The molecule has 1 saturated heterocycles. The fourth-order valence-corrected chi connectivity index (χ4v) is 4.80. The largest absolute Gasteiger partial charge is 0.478 e. The summed E-state index contributed by atoms with van der Waals surface area (Å²) in [5.41, 5.74) is -0.0296. The Bertz CT molecular complexity index is 629. The van der Waals surface area contributed by atoms with Crippen LogP contribution in [0.3, 0.4) is 0 Å². The Morgan fingerprint density at radius 3 is 2.75 bits per heavy atom. The van der Waals surface area contributed by atoms with Crippen LogP contribution < -0.4 is 0 Å². The summed E-state index contributed by atoms with van der Waals surface area (Å²) in [6, 6.07) is 4.05. The molecule has 1 heterocycles. The van der Waals surface area contributed by atoms with Crippen molar-refractivity contribution in [3.05, 3.63) is 28.2 Å². The minimum absolute atomic E-state index is 0.0224. The van der Waals surface area contributed by atoms with Crippen molar-refractivity contribution in [3.8, 4) is 0 Å². The van der Waals surface area contributed by atoms with E-state index in [-0.39, 0.29) is 10.5 Å². The van der Waals surface area contributed by atoms with Crippen molar-refractivity contribution in [3.63, 3.8) is 0 Å². The zero-order chi connectivity index (χ0) is 14.9. The second-order valence-corrected chi connectivity index (χ2v) is 7.64. The van der Waals surface area contributed by atoms with E-state index in [9.17, 15) is 13.2 Å². The van der Waals surface area contributed by atoms with Gasteiger partial charge >= 0.3 is 5.97 Å². The predicted octanol–water partition coefficient (Wildman–Crippen LogP) is 2.57. The van der Waals surface area contributed by atoms with Gasteiger partial charge in [-0.2, -0.15) is 4.31 Å². The normalized spacial score (nSPS) is 20.2. The monoisotopic (exact) mass is 361 g/mol. The molecule has 1 aliphatic rings. The van der Waals surface area contributed by atoms with Crippen molar-refractivity contribution < 1.29 is 18.3 Å². The van der Waals surface area contributed by atoms with Crippen molar-refractivity contribution in [1.82, 2.24) is 4.31 Å². The van der Waals surface area contributed by atoms with Gasteiger partial charge in [0.25, 0.3) is 0 Å². The van der Waals surface area contributed by atoms with Crippen LogP contribution in [0.2, 0.25) is 0 Å². The molecule has 1 unspecified atom stereocenters. The quantitative estimate of drug-likeness (QED) is 0.893. The minimum Gasteiger partial charge on any atom is -0.478 e. The van der Waals surface area contributed by atoms with Crippen LogP contribution >= 0.6 is 15.9 Å². The van der Waals surface area contributed by atoms with Crippen molar-refractivity contribution in [2.75, 3.05) is 13.1 Å². The van der Waals surface area contributed by atoms with Gasteiger partial charge in [0.1, 0.15) is 0 Å². The second kappa shape index (κ2) is 5.83. The van der Waals surface area contributed by atoms with Crippen LogP contribution in [0.4, 0.5) is 0 Å². The van der Waals surface area contributed by atoms with Gasteiger partial charge in [-0.15, -0.1) is 0 Å². The van der Waals surface area contributed by atoms with Gasteiger partial charge in [0.15, 0.2) is 0 Å². The van der Waals surface area contributed by atoms with E-state index >= 15 is 0 Å². The summed E-state index contributed by atoms with van der Waals surface area (Å²) in [6.45, 7) is 3.04. The van der Waals surface area contributed by atoms with E-state index in [1.807, 2.05) is 6.92 Å². The van der Waals surface area contributed by atoms with Crippen LogP contribution in [0.1, 0.15) is 30.1 Å². The molecule has 0 aliphatic carbocycles. The summed E-state index contributed by atoms with van der Waals surface area (Å²) in [5.74, 6) is -0.756. The zero-order valence-electron chi connectivity index (χ0n) is 11.0. The third-order valence-corrected chi connectivity index (χ3v) is 6.48. The molecule has 110 valence electrons. The van der Waals surface area contributed by atoms with E-state index in [4.69, 9.17) is 5.11 Å². The number of carbonyl (C=O) groups is 1. The Morgan fingerprint density at radius 2 is 2.20 bits per heavy atom. The molecule has 2 rings (SSSR count). The molecule has 20 heavy (non-hydrogen) atoms. The maximum atomic E-state index is 12.6. The van der Waals surface area contributed by atoms with Gasteiger partial charge < -0.3 is 5.11 Å². The van der Waals surface area contributed by atoms with Crippen molar-refractivity contribution in [2.45, 2.75) is 24.7 Å². The lowest BCUT2D eigenvalue weighted by Crippen LogP contribution is -2.29. The van der Waals surface area contributed by atoms with Gasteiger partial charge in [-0.3, -0.25) is 0 Å². The lowest BCUT2D eigenvalue weighted by atomic mass is 10.1. The van der Waals surface area contributed by atoms with Gasteiger partial charge in [-0.1, -0.05) is 13.3 Å². The highest BCUT2D eigenvalue weighted by molar-refractivity contribution is 9.10. The van der Waals surface area contributed by atoms with Gasteiger partial charge in [0.05, 0.1) is 10.5 Å². The topological polar surface area (TPSA) is 74.7 Å². The number of hydrogen-bond acceptors (Lipinski definition) is 3. The number of carboxylic acids is 1. The smallest absolute Gasteiger partial charge is 0.335 e. The Labute approximate surface area is 126 Å². The highest BCUT2D eigenvalue weighted by Crippen LogP contribution is 2.30. The average molecular weight is 362 g/mol. The highest BCUT2D eigenvalue weighted by Gasteiger charge is 2.33. The van der Waals surface area contributed by atoms with E-state index in [1.165, 1.54) is 22.5 Å². The Balaban J connectivity index is 2.39. The van der Waals surface area contributed by atoms with Crippen LogP contribution in [0, 0.1) is 5.92 Å². The molecule has 1 aromatic rings. The molecule has 0 amide bonds. The first-order valence-electron chi connectivity index (χ1n) is 6.39. The molecule has 0 radical (unpaired) electrons. The maximum Gasteiger partial charge on any atom is 0.335 e. The molecule has 0 bridgehead atoms. The number of carboxylic acid groups (broad SMARTS) is 1. The van der Waals surface area contributed by atoms with E-state index in [0.717, 1.165) is 12.8 Å². The van der Waals surface area contributed by atoms with Crippen LogP contribution in [0.25, 0.3) is 0 Å². The van der Waals surface area contributed by atoms with Crippen LogP contribution in [0.15, 0.2) is 27.6 Å². The van der Waals surface area contributed by atoms with Crippen molar-refractivity contribution in [1.29, 1.82) is 0 Å². The number of aromatic carboxylic acids is 1.